The molecule has 0 saturated carbocycles. The molecule has 1 aliphatic rings. The molecule has 2 aromatic carbocycles. The summed E-state index contributed by atoms with van der Waals surface area (Å²) in [7, 11) is 0. The molecular formula is C14H9N3O. The van der Waals surface area contributed by atoms with Gasteiger partial charge in [0.1, 0.15) is 5.52 Å². The van der Waals surface area contributed by atoms with Crippen LogP contribution in [0.5, 0.6) is 0 Å². The molecule has 0 amide bonds. The van der Waals surface area contributed by atoms with Crippen LogP contribution >= 0.6 is 0 Å². The molecule has 4 nitrogen and oxygen atoms in total. The third-order valence-corrected chi connectivity index (χ3v) is 3.20. The van der Waals surface area contributed by atoms with Crippen LogP contribution in [0.3, 0.4) is 0 Å². The Hall–Kier alpha value is -2.49. The van der Waals surface area contributed by atoms with Crippen molar-refractivity contribution in [2.24, 2.45) is 4.99 Å². The Bertz CT molecular complexity index is 759. The van der Waals surface area contributed by atoms with Gasteiger partial charge in [0, 0.05) is 6.42 Å². The average molecular weight is 235 g/mol. The van der Waals surface area contributed by atoms with Crippen LogP contribution in [0.4, 0.5) is 5.69 Å². The lowest BCUT2D eigenvalue weighted by atomic mass is 10.0. The summed E-state index contributed by atoms with van der Waals surface area (Å²) in [4.78, 5) is 4.68. The molecule has 0 aliphatic carbocycles. The molecule has 0 atom stereocenters. The van der Waals surface area contributed by atoms with Crippen molar-refractivity contribution in [1.82, 2.24) is 10.3 Å². The van der Waals surface area contributed by atoms with Crippen molar-refractivity contribution < 1.29 is 4.63 Å². The fourth-order valence-corrected chi connectivity index (χ4v) is 2.30. The van der Waals surface area contributed by atoms with Gasteiger partial charge in [-0.3, -0.25) is 0 Å². The van der Waals surface area contributed by atoms with E-state index in [0.29, 0.717) is 0 Å². The molecule has 2 heterocycles. The van der Waals surface area contributed by atoms with Gasteiger partial charge in [0.25, 0.3) is 0 Å². The number of fused-ring (bicyclic) bond motifs is 3. The van der Waals surface area contributed by atoms with Crippen LogP contribution in [-0.2, 0) is 6.42 Å². The highest BCUT2D eigenvalue weighted by atomic mass is 16.6. The largest absolute Gasteiger partial charge is 0.250 e. The van der Waals surface area contributed by atoms with Gasteiger partial charge in [-0.25, -0.2) is 9.62 Å². The quantitative estimate of drug-likeness (QED) is 0.651. The summed E-state index contributed by atoms with van der Waals surface area (Å²) >= 11 is 0. The number of rotatable bonds is 1. The second kappa shape index (κ2) is 3.50. The Morgan fingerprint density at radius 1 is 0.944 bits per heavy atom. The molecule has 1 aliphatic heterocycles. The van der Waals surface area contributed by atoms with Crippen LogP contribution in [0, 0.1) is 0 Å². The molecule has 86 valence electrons. The summed E-state index contributed by atoms with van der Waals surface area (Å²) in [6, 6.07) is 14.2. The van der Waals surface area contributed by atoms with Gasteiger partial charge in [-0.1, -0.05) is 36.4 Å². The third kappa shape index (κ3) is 1.29. The van der Waals surface area contributed by atoms with Crippen LogP contribution in [0.1, 0.15) is 11.1 Å². The number of aromatic nitrogens is 2. The van der Waals surface area contributed by atoms with Crippen molar-refractivity contribution in [3.8, 4) is 0 Å². The number of hydrogen-bond acceptors (Lipinski definition) is 4. The molecule has 0 radical (unpaired) electrons. The summed E-state index contributed by atoms with van der Waals surface area (Å²) in [5.74, 6) is 0. The second-order valence-electron chi connectivity index (χ2n) is 4.31. The molecular weight excluding hydrogens is 226 g/mol. The topological polar surface area (TPSA) is 51.3 Å². The van der Waals surface area contributed by atoms with E-state index in [9.17, 15) is 0 Å². The highest BCUT2D eigenvalue weighted by molar-refractivity contribution is 6.09. The van der Waals surface area contributed by atoms with Crippen LogP contribution in [0.15, 0.2) is 52.1 Å². The minimum atomic E-state index is 0.749. The summed E-state index contributed by atoms with van der Waals surface area (Å²) in [5, 5.41) is 7.76. The van der Waals surface area contributed by atoms with Crippen molar-refractivity contribution in [1.29, 1.82) is 0 Å². The maximum absolute atomic E-state index is 4.76. The van der Waals surface area contributed by atoms with Crippen LogP contribution in [0.2, 0.25) is 0 Å². The van der Waals surface area contributed by atoms with E-state index in [-0.39, 0.29) is 0 Å². The molecule has 0 saturated heterocycles. The fourth-order valence-electron chi connectivity index (χ4n) is 2.30. The van der Waals surface area contributed by atoms with Crippen molar-refractivity contribution in [2.45, 2.75) is 6.42 Å². The highest BCUT2D eigenvalue weighted by Gasteiger charge is 2.20. The SMILES string of the molecule is c1ccc(C2=Nc3c(ccc4nonc34)C2)cc1. The van der Waals surface area contributed by atoms with Gasteiger partial charge in [-0.2, -0.15) is 0 Å². The first-order valence-electron chi connectivity index (χ1n) is 5.79. The predicted molar refractivity (Wildman–Crippen MR) is 68.1 cm³/mol. The van der Waals surface area contributed by atoms with E-state index in [1.165, 1.54) is 5.56 Å². The van der Waals surface area contributed by atoms with Gasteiger partial charge in [0.05, 0.1) is 11.4 Å². The van der Waals surface area contributed by atoms with Crippen molar-refractivity contribution in [2.75, 3.05) is 0 Å². The highest BCUT2D eigenvalue weighted by Crippen LogP contribution is 2.34. The van der Waals surface area contributed by atoms with E-state index in [0.717, 1.165) is 34.4 Å². The Kier molecular flexibility index (Phi) is 1.85. The molecule has 0 unspecified atom stereocenters. The molecule has 4 rings (SSSR count). The lowest BCUT2D eigenvalue weighted by Gasteiger charge is -1.98. The van der Waals surface area contributed by atoms with Crippen LogP contribution < -0.4 is 0 Å². The van der Waals surface area contributed by atoms with E-state index in [1.54, 1.807) is 0 Å². The fraction of sp³-hybridized carbons (Fsp3) is 0.0714. The molecule has 4 heteroatoms. The Balaban J connectivity index is 1.90. The first kappa shape index (κ1) is 9.53. The van der Waals surface area contributed by atoms with Crippen molar-refractivity contribution >= 4 is 22.4 Å². The van der Waals surface area contributed by atoms with Crippen molar-refractivity contribution in [3.63, 3.8) is 0 Å². The molecule has 18 heavy (non-hydrogen) atoms. The minimum Gasteiger partial charge on any atom is -0.250 e. The van der Waals surface area contributed by atoms with E-state index < -0.39 is 0 Å². The summed E-state index contributed by atoms with van der Waals surface area (Å²) in [5.41, 5.74) is 5.80. The molecule has 0 spiro atoms. The molecule has 0 fully saturated rings. The standard InChI is InChI=1S/C14H9N3O/c1-2-4-9(5-3-1)12-8-10-6-7-11-14(13(10)15-12)17-18-16-11/h1-7H,8H2. The van der Waals surface area contributed by atoms with E-state index >= 15 is 0 Å². The Labute approximate surface area is 103 Å². The number of aliphatic imine (C=N–C) groups is 1. The number of hydrogen-bond donors (Lipinski definition) is 0. The van der Waals surface area contributed by atoms with Gasteiger partial charge in [0.2, 0.25) is 0 Å². The lowest BCUT2D eigenvalue weighted by Crippen LogP contribution is -1.99. The van der Waals surface area contributed by atoms with E-state index in [1.807, 2.05) is 30.3 Å². The number of nitrogens with zero attached hydrogens (tertiary/aromatic N) is 3. The maximum Gasteiger partial charge on any atom is 0.161 e. The van der Waals surface area contributed by atoms with Gasteiger partial charge >= 0.3 is 0 Å². The minimum absolute atomic E-state index is 0.749. The van der Waals surface area contributed by atoms with E-state index in [4.69, 9.17) is 4.63 Å². The third-order valence-electron chi connectivity index (χ3n) is 3.20. The lowest BCUT2D eigenvalue weighted by molar-refractivity contribution is 0.315. The van der Waals surface area contributed by atoms with Crippen molar-refractivity contribution in [3.05, 3.63) is 53.6 Å². The maximum atomic E-state index is 4.76. The molecule has 1 aromatic heterocycles. The predicted octanol–water partition coefficient (Wildman–Crippen LogP) is 2.90. The summed E-state index contributed by atoms with van der Waals surface area (Å²) in [6.07, 6.45) is 0.835. The number of benzene rings is 2. The first-order chi connectivity index (χ1) is 8.92. The Morgan fingerprint density at radius 2 is 1.83 bits per heavy atom. The second-order valence-corrected chi connectivity index (χ2v) is 4.31. The van der Waals surface area contributed by atoms with Gasteiger partial charge in [0.15, 0.2) is 5.52 Å². The zero-order valence-electron chi connectivity index (χ0n) is 9.50. The average Bonchev–Trinajstić information content (AvgIpc) is 3.05. The zero-order valence-corrected chi connectivity index (χ0v) is 9.50. The summed E-state index contributed by atoms with van der Waals surface area (Å²) in [6.45, 7) is 0. The first-order valence-corrected chi connectivity index (χ1v) is 5.79. The molecule has 0 bridgehead atoms. The molecule has 3 aromatic rings. The van der Waals surface area contributed by atoms with Crippen LogP contribution in [-0.4, -0.2) is 16.0 Å². The summed E-state index contributed by atoms with van der Waals surface area (Å²) < 4.78 is 4.76. The monoisotopic (exact) mass is 235 g/mol. The molecule has 0 N–H and O–H groups in total. The van der Waals surface area contributed by atoms with E-state index in [2.05, 4.69) is 27.4 Å². The van der Waals surface area contributed by atoms with Gasteiger partial charge < -0.3 is 0 Å². The normalized spacial score (nSPS) is 13.7. The Morgan fingerprint density at radius 3 is 2.72 bits per heavy atom. The zero-order chi connectivity index (χ0) is 11.9. The van der Waals surface area contributed by atoms with Crippen LogP contribution in [0.25, 0.3) is 11.0 Å². The van der Waals surface area contributed by atoms with Gasteiger partial charge in [-0.05, 0) is 27.5 Å². The van der Waals surface area contributed by atoms with Gasteiger partial charge in [-0.15, -0.1) is 0 Å². The smallest absolute Gasteiger partial charge is 0.161 e.